The smallest absolute Gasteiger partial charge is 0.286 e. The minimum absolute atomic E-state index is 0.341. The van der Waals surface area contributed by atoms with Crippen LogP contribution in [-0.2, 0) is 0 Å². The molecule has 6 nitrogen and oxygen atoms in total. The lowest BCUT2D eigenvalue weighted by Crippen LogP contribution is -2.41. The van der Waals surface area contributed by atoms with Crippen molar-refractivity contribution in [2.45, 2.75) is 6.92 Å². The van der Waals surface area contributed by atoms with Gasteiger partial charge in [0, 0.05) is 21.7 Å². The Morgan fingerprint density at radius 1 is 1.13 bits per heavy atom. The van der Waals surface area contributed by atoms with Crippen LogP contribution in [-0.4, -0.2) is 21.8 Å². The van der Waals surface area contributed by atoms with Gasteiger partial charge in [-0.05, 0) is 41.1 Å². The Morgan fingerprint density at radius 2 is 1.87 bits per heavy atom. The Labute approximate surface area is 140 Å². The van der Waals surface area contributed by atoms with Gasteiger partial charge in [0.1, 0.15) is 5.69 Å². The summed E-state index contributed by atoms with van der Waals surface area (Å²) in [6.45, 7) is 1.82. The van der Waals surface area contributed by atoms with Gasteiger partial charge in [-0.1, -0.05) is 18.2 Å². The zero-order valence-corrected chi connectivity index (χ0v) is 13.8. The second-order valence-corrected chi connectivity index (χ2v) is 5.88. The van der Waals surface area contributed by atoms with E-state index in [0.29, 0.717) is 11.3 Å². The summed E-state index contributed by atoms with van der Waals surface area (Å²) in [4.78, 5) is 31.5. The standard InChI is InChI=1S/C16H13BrN4O2/c1-9-6-12(11-4-2-3-5-13(11)19-9)15(22)20-21-16(23)14-7-10(17)8-18-14/h2-8,18H,1H3,(H,20,22)(H,21,23). The third-order valence-corrected chi connectivity index (χ3v) is 3.73. The lowest BCUT2D eigenvalue weighted by atomic mass is 10.1. The van der Waals surface area contributed by atoms with E-state index < -0.39 is 11.8 Å². The van der Waals surface area contributed by atoms with Crippen molar-refractivity contribution in [2.24, 2.45) is 0 Å². The summed E-state index contributed by atoms with van der Waals surface area (Å²) in [5, 5.41) is 0.729. The first-order chi connectivity index (χ1) is 11.0. The molecule has 0 saturated carbocycles. The van der Waals surface area contributed by atoms with Gasteiger partial charge < -0.3 is 4.98 Å². The fourth-order valence-corrected chi connectivity index (χ4v) is 2.59. The predicted octanol–water partition coefficient (Wildman–Crippen LogP) is 2.71. The first-order valence-corrected chi connectivity index (χ1v) is 7.65. The maximum absolute atomic E-state index is 12.4. The lowest BCUT2D eigenvalue weighted by molar-refractivity contribution is 0.0845. The monoisotopic (exact) mass is 372 g/mol. The Balaban J connectivity index is 1.80. The Hall–Kier alpha value is -2.67. The van der Waals surface area contributed by atoms with Crippen molar-refractivity contribution in [2.75, 3.05) is 0 Å². The number of halogens is 1. The van der Waals surface area contributed by atoms with Gasteiger partial charge in [-0.2, -0.15) is 0 Å². The second kappa shape index (κ2) is 6.21. The number of rotatable bonds is 2. The summed E-state index contributed by atoms with van der Waals surface area (Å²) >= 11 is 3.25. The molecule has 0 saturated heterocycles. The van der Waals surface area contributed by atoms with Crippen molar-refractivity contribution in [3.8, 4) is 0 Å². The number of hydrogen-bond acceptors (Lipinski definition) is 3. The number of hydrogen-bond donors (Lipinski definition) is 3. The molecule has 1 aromatic carbocycles. The van der Waals surface area contributed by atoms with Gasteiger partial charge in [0.2, 0.25) is 0 Å². The number of carbonyl (C=O) groups excluding carboxylic acids is 2. The largest absolute Gasteiger partial charge is 0.356 e. The molecule has 0 radical (unpaired) electrons. The van der Waals surface area contributed by atoms with E-state index in [0.717, 1.165) is 21.1 Å². The van der Waals surface area contributed by atoms with Crippen LogP contribution in [0.3, 0.4) is 0 Å². The molecule has 0 fully saturated rings. The molecule has 2 amide bonds. The number of benzene rings is 1. The van der Waals surface area contributed by atoms with Crippen LogP contribution < -0.4 is 10.9 Å². The van der Waals surface area contributed by atoms with E-state index in [4.69, 9.17) is 0 Å². The summed E-state index contributed by atoms with van der Waals surface area (Å²) < 4.78 is 0.754. The Bertz CT molecular complexity index is 904. The number of para-hydroxylation sites is 1. The van der Waals surface area contributed by atoms with Crippen LogP contribution in [0.4, 0.5) is 0 Å². The number of pyridine rings is 1. The number of hydrazine groups is 1. The number of carbonyl (C=O) groups is 2. The molecule has 2 heterocycles. The molecule has 2 aromatic heterocycles. The van der Waals surface area contributed by atoms with E-state index in [-0.39, 0.29) is 0 Å². The number of amides is 2. The number of nitrogens with one attached hydrogen (secondary N) is 3. The first kappa shape index (κ1) is 15.2. The summed E-state index contributed by atoms with van der Waals surface area (Å²) in [6.07, 6.45) is 1.64. The summed E-state index contributed by atoms with van der Waals surface area (Å²) in [5.41, 5.74) is 7.07. The van der Waals surface area contributed by atoms with E-state index in [2.05, 4.69) is 36.7 Å². The van der Waals surface area contributed by atoms with Gasteiger partial charge in [0.25, 0.3) is 11.8 Å². The number of aromatic nitrogens is 2. The topological polar surface area (TPSA) is 86.9 Å². The van der Waals surface area contributed by atoms with Crippen molar-refractivity contribution in [3.05, 3.63) is 64.0 Å². The average molecular weight is 373 g/mol. The molecule has 116 valence electrons. The highest BCUT2D eigenvalue weighted by Gasteiger charge is 2.14. The van der Waals surface area contributed by atoms with Crippen molar-refractivity contribution >= 4 is 38.6 Å². The molecule has 0 atom stereocenters. The van der Waals surface area contributed by atoms with Gasteiger partial charge in [-0.3, -0.25) is 25.4 Å². The minimum Gasteiger partial charge on any atom is -0.356 e. The van der Waals surface area contributed by atoms with Gasteiger partial charge in [-0.15, -0.1) is 0 Å². The zero-order chi connectivity index (χ0) is 16.4. The van der Waals surface area contributed by atoms with Crippen LogP contribution in [0.5, 0.6) is 0 Å². The van der Waals surface area contributed by atoms with E-state index in [9.17, 15) is 9.59 Å². The molecule has 7 heteroatoms. The highest BCUT2D eigenvalue weighted by molar-refractivity contribution is 9.10. The fraction of sp³-hybridized carbons (Fsp3) is 0.0625. The molecule has 23 heavy (non-hydrogen) atoms. The fourth-order valence-electron chi connectivity index (χ4n) is 2.24. The summed E-state index contributed by atoms with van der Waals surface area (Å²) in [5.74, 6) is -0.829. The number of aryl methyl sites for hydroxylation is 1. The quantitative estimate of drug-likeness (QED) is 0.604. The molecule has 3 aromatic rings. The molecule has 3 rings (SSSR count). The van der Waals surface area contributed by atoms with Crippen LogP contribution in [0.25, 0.3) is 10.9 Å². The SMILES string of the molecule is Cc1cc(C(=O)NNC(=O)c2cc(Br)c[nH]2)c2ccccc2n1. The van der Waals surface area contributed by atoms with Crippen LogP contribution in [0.2, 0.25) is 0 Å². The average Bonchev–Trinajstić information content (AvgIpc) is 2.98. The van der Waals surface area contributed by atoms with E-state index in [1.54, 1.807) is 18.3 Å². The molecule has 0 aliphatic heterocycles. The van der Waals surface area contributed by atoms with Crippen molar-refractivity contribution in [3.63, 3.8) is 0 Å². The van der Waals surface area contributed by atoms with Crippen LogP contribution in [0.1, 0.15) is 26.5 Å². The molecular formula is C16H13BrN4O2. The number of fused-ring (bicyclic) bond motifs is 1. The molecule has 0 aliphatic carbocycles. The van der Waals surface area contributed by atoms with Crippen molar-refractivity contribution in [1.29, 1.82) is 0 Å². The van der Waals surface area contributed by atoms with Gasteiger partial charge in [0.05, 0.1) is 11.1 Å². The maximum Gasteiger partial charge on any atom is 0.286 e. The van der Waals surface area contributed by atoms with Gasteiger partial charge >= 0.3 is 0 Å². The van der Waals surface area contributed by atoms with Gasteiger partial charge in [0.15, 0.2) is 0 Å². The van der Waals surface area contributed by atoms with Crippen molar-refractivity contribution in [1.82, 2.24) is 20.8 Å². The minimum atomic E-state index is -0.431. The van der Waals surface area contributed by atoms with Crippen LogP contribution in [0, 0.1) is 6.92 Å². The predicted molar refractivity (Wildman–Crippen MR) is 89.9 cm³/mol. The van der Waals surface area contributed by atoms with E-state index >= 15 is 0 Å². The summed E-state index contributed by atoms with van der Waals surface area (Å²) in [7, 11) is 0. The molecular weight excluding hydrogens is 360 g/mol. The van der Waals surface area contributed by atoms with Crippen molar-refractivity contribution < 1.29 is 9.59 Å². The molecule has 3 N–H and O–H groups in total. The number of H-pyrrole nitrogens is 1. The van der Waals surface area contributed by atoms with Gasteiger partial charge in [-0.25, -0.2) is 0 Å². The van der Waals surface area contributed by atoms with Crippen LogP contribution >= 0.6 is 15.9 Å². The third-order valence-electron chi connectivity index (χ3n) is 3.27. The second-order valence-electron chi connectivity index (χ2n) is 4.97. The maximum atomic E-state index is 12.4. The third kappa shape index (κ3) is 3.24. The highest BCUT2D eigenvalue weighted by atomic mass is 79.9. The van der Waals surface area contributed by atoms with E-state index in [1.165, 1.54) is 0 Å². The van der Waals surface area contributed by atoms with Crippen LogP contribution in [0.15, 0.2) is 47.1 Å². The molecule has 0 aliphatic rings. The molecule has 0 spiro atoms. The molecule has 0 bridgehead atoms. The zero-order valence-electron chi connectivity index (χ0n) is 12.2. The summed E-state index contributed by atoms with van der Waals surface area (Å²) in [6, 6.07) is 10.7. The number of nitrogens with zero attached hydrogens (tertiary/aromatic N) is 1. The Kier molecular flexibility index (Phi) is 4.12. The lowest BCUT2D eigenvalue weighted by Gasteiger charge is -2.09. The normalized spacial score (nSPS) is 10.5. The van der Waals surface area contributed by atoms with E-state index in [1.807, 2.05) is 31.2 Å². The Morgan fingerprint density at radius 3 is 2.61 bits per heavy atom. The highest BCUT2D eigenvalue weighted by Crippen LogP contribution is 2.18. The number of aromatic amines is 1. The molecule has 0 unspecified atom stereocenters. The first-order valence-electron chi connectivity index (χ1n) is 6.85.